The second-order valence-electron chi connectivity index (χ2n) is 11.8. The largest absolute Gasteiger partial charge is 0.471 e. The minimum atomic E-state index is -5.15. The van der Waals surface area contributed by atoms with E-state index in [1.54, 1.807) is 31.6 Å². The van der Waals surface area contributed by atoms with Crippen molar-refractivity contribution in [2.75, 3.05) is 6.54 Å². The minimum Gasteiger partial charge on any atom is -0.336 e. The van der Waals surface area contributed by atoms with Crippen LogP contribution in [0.3, 0.4) is 0 Å². The molecule has 0 unspecified atom stereocenters. The number of nitrogens with one attached hydrogen (secondary N) is 2. The first-order valence-electron chi connectivity index (χ1n) is 11.9. The van der Waals surface area contributed by atoms with Crippen molar-refractivity contribution in [3.05, 3.63) is 18.0 Å². The fraction of sp³-hybridized carbons (Fsp3) is 0.708. The molecule has 2 fully saturated rings. The molecule has 196 valence electrons. The number of nitriles is 1. The minimum absolute atomic E-state index is 0.0155. The van der Waals surface area contributed by atoms with Gasteiger partial charge >= 0.3 is 12.1 Å². The molecular weight excluding hydrogens is 477 g/mol. The molecule has 9 nitrogen and oxygen atoms in total. The molecule has 1 aromatic rings. The smallest absolute Gasteiger partial charge is 0.336 e. The Morgan fingerprint density at radius 3 is 2.50 bits per heavy atom. The molecule has 12 heteroatoms. The third-order valence-corrected chi connectivity index (χ3v) is 8.01. The van der Waals surface area contributed by atoms with Gasteiger partial charge in [-0.2, -0.15) is 23.5 Å². The molecule has 4 rings (SSSR count). The first-order chi connectivity index (χ1) is 16.5. The molecule has 2 aliphatic heterocycles. The topological polar surface area (TPSA) is 120 Å². The van der Waals surface area contributed by atoms with Gasteiger partial charge in [-0.15, -0.1) is 0 Å². The van der Waals surface area contributed by atoms with Gasteiger partial charge in [-0.3, -0.25) is 19.1 Å². The Bertz CT molecular complexity index is 1130. The zero-order valence-corrected chi connectivity index (χ0v) is 20.9. The lowest BCUT2D eigenvalue weighted by Crippen LogP contribution is -2.63. The van der Waals surface area contributed by atoms with Gasteiger partial charge in [-0.05, 0) is 41.6 Å². The molecule has 1 aromatic heterocycles. The number of amides is 3. The van der Waals surface area contributed by atoms with Crippen molar-refractivity contribution in [3.63, 3.8) is 0 Å². The van der Waals surface area contributed by atoms with Crippen LogP contribution in [0, 0.1) is 34.0 Å². The highest BCUT2D eigenvalue weighted by atomic mass is 19.4. The molecule has 5 atom stereocenters. The summed E-state index contributed by atoms with van der Waals surface area (Å²) in [6, 6.07) is 1.60. The average Bonchev–Trinajstić information content (AvgIpc) is 3.16. The summed E-state index contributed by atoms with van der Waals surface area (Å²) in [4.78, 5) is 40.3. The summed E-state index contributed by atoms with van der Waals surface area (Å²) in [6.45, 7) is 8.96. The summed E-state index contributed by atoms with van der Waals surface area (Å²) < 4.78 is 40.7. The lowest BCUT2D eigenvalue weighted by atomic mass is 9.85. The molecule has 0 spiro atoms. The first-order valence-corrected chi connectivity index (χ1v) is 11.9. The Labute approximate surface area is 207 Å². The second-order valence-corrected chi connectivity index (χ2v) is 11.8. The number of carbonyl (C=O) groups is 3. The van der Waals surface area contributed by atoms with Gasteiger partial charge in [-0.1, -0.05) is 34.6 Å². The molecule has 1 aliphatic carbocycles. The molecule has 2 N–H and O–H groups in total. The summed E-state index contributed by atoms with van der Waals surface area (Å²) in [6.07, 6.45) is -2.62. The SMILES string of the molecule is CC(C)(C)[C@H](NC(=O)C(F)(F)F)C(=O)N1C[C@H]2[C@@H]([C@H]1C(=O)N[C@@]1(C#N)CCc3ccnn3C1)C2(C)C. The number of piperidine rings is 1. The van der Waals surface area contributed by atoms with Crippen LogP contribution >= 0.6 is 0 Å². The van der Waals surface area contributed by atoms with Crippen molar-refractivity contribution in [2.45, 2.75) is 77.8 Å². The number of nitrogens with zero attached hydrogens (tertiary/aromatic N) is 4. The number of halogens is 3. The van der Waals surface area contributed by atoms with Crippen LogP contribution < -0.4 is 10.6 Å². The van der Waals surface area contributed by atoms with Crippen molar-refractivity contribution in [2.24, 2.45) is 22.7 Å². The van der Waals surface area contributed by atoms with Gasteiger partial charge in [0.05, 0.1) is 12.6 Å². The molecule has 1 saturated carbocycles. The maximum atomic E-state index is 13.7. The Balaban J connectivity index is 1.60. The van der Waals surface area contributed by atoms with Crippen LogP contribution in [0.5, 0.6) is 0 Å². The highest BCUT2D eigenvalue weighted by Crippen LogP contribution is 2.65. The van der Waals surface area contributed by atoms with E-state index in [1.165, 1.54) is 4.90 Å². The van der Waals surface area contributed by atoms with Crippen LogP contribution in [-0.2, 0) is 27.3 Å². The fourth-order valence-corrected chi connectivity index (χ4v) is 5.76. The zero-order valence-electron chi connectivity index (χ0n) is 20.9. The van der Waals surface area contributed by atoms with E-state index in [9.17, 15) is 32.8 Å². The maximum Gasteiger partial charge on any atom is 0.471 e. The van der Waals surface area contributed by atoms with Crippen molar-refractivity contribution < 1.29 is 27.6 Å². The maximum absolute atomic E-state index is 13.7. The van der Waals surface area contributed by atoms with Crippen LogP contribution in [0.15, 0.2) is 12.3 Å². The van der Waals surface area contributed by atoms with E-state index in [0.717, 1.165) is 5.69 Å². The molecule has 1 saturated heterocycles. The van der Waals surface area contributed by atoms with Gasteiger partial charge in [0.15, 0.2) is 0 Å². The number of carbonyl (C=O) groups excluding carboxylic acids is 3. The van der Waals surface area contributed by atoms with E-state index in [2.05, 4.69) is 16.5 Å². The first kappa shape index (κ1) is 26.0. The second kappa shape index (κ2) is 8.21. The molecule has 0 bridgehead atoms. The number of aromatic nitrogens is 2. The van der Waals surface area contributed by atoms with Crippen molar-refractivity contribution in [1.29, 1.82) is 5.26 Å². The Morgan fingerprint density at radius 2 is 1.92 bits per heavy atom. The Morgan fingerprint density at radius 1 is 1.25 bits per heavy atom. The molecule has 0 radical (unpaired) electrons. The summed E-state index contributed by atoms with van der Waals surface area (Å²) in [5, 5.41) is 18.9. The van der Waals surface area contributed by atoms with E-state index in [4.69, 9.17) is 0 Å². The molecular formula is C24H31F3N6O3. The molecule has 0 aromatic carbocycles. The van der Waals surface area contributed by atoms with E-state index < -0.39 is 46.9 Å². The number of hydrogen-bond acceptors (Lipinski definition) is 5. The quantitative estimate of drug-likeness (QED) is 0.643. The van der Waals surface area contributed by atoms with E-state index >= 15 is 0 Å². The summed E-state index contributed by atoms with van der Waals surface area (Å²) >= 11 is 0. The summed E-state index contributed by atoms with van der Waals surface area (Å²) in [5.74, 6) is -3.69. The third-order valence-electron chi connectivity index (χ3n) is 8.01. The lowest BCUT2D eigenvalue weighted by Gasteiger charge is -2.39. The number of alkyl halides is 3. The van der Waals surface area contributed by atoms with E-state index in [-0.39, 0.29) is 30.3 Å². The monoisotopic (exact) mass is 508 g/mol. The standard InChI is InChI=1S/C24H31F3N6O3/c1-21(2,3)17(30-20(36)24(25,26)27)19(35)32-10-14-15(22(14,4)5)16(32)18(34)31-23(11-28)8-6-13-7-9-29-33(13)12-23/h7,9,14-17H,6,8,10,12H2,1-5H3,(H,30,36)(H,31,34)/t14-,15-,16-,17+,23+/m0/s1. The van der Waals surface area contributed by atoms with Gasteiger partial charge in [0, 0.05) is 18.4 Å². The van der Waals surface area contributed by atoms with Crippen molar-refractivity contribution in [3.8, 4) is 6.07 Å². The van der Waals surface area contributed by atoms with E-state index in [0.29, 0.717) is 12.8 Å². The molecule has 36 heavy (non-hydrogen) atoms. The predicted molar refractivity (Wildman–Crippen MR) is 121 cm³/mol. The zero-order chi connectivity index (χ0) is 26.8. The third kappa shape index (κ3) is 4.33. The number of likely N-dealkylation sites (tertiary alicyclic amines) is 1. The Kier molecular flexibility index (Phi) is 5.93. The normalized spacial score (nSPS) is 29.4. The van der Waals surface area contributed by atoms with Crippen LogP contribution in [0.1, 0.15) is 46.7 Å². The van der Waals surface area contributed by atoms with Gasteiger partial charge in [-0.25, -0.2) is 0 Å². The van der Waals surface area contributed by atoms with Crippen molar-refractivity contribution in [1.82, 2.24) is 25.3 Å². The molecule has 3 aliphatic rings. The van der Waals surface area contributed by atoms with Crippen LogP contribution in [0.4, 0.5) is 13.2 Å². The van der Waals surface area contributed by atoms with Crippen LogP contribution in [0.2, 0.25) is 0 Å². The highest BCUT2D eigenvalue weighted by molar-refractivity contribution is 5.95. The molecule has 3 heterocycles. The van der Waals surface area contributed by atoms with Gasteiger partial charge in [0.2, 0.25) is 11.8 Å². The van der Waals surface area contributed by atoms with Gasteiger partial charge in [0.1, 0.15) is 17.6 Å². The average molecular weight is 509 g/mol. The number of hydrogen-bond donors (Lipinski definition) is 2. The van der Waals surface area contributed by atoms with Crippen LogP contribution in [-0.4, -0.2) is 62.7 Å². The predicted octanol–water partition coefficient (Wildman–Crippen LogP) is 1.78. The number of fused-ring (bicyclic) bond motifs is 2. The fourth-order valence-electron chi connectivity index (χ4n) is 5.76. The highest BCUT2D eigenvalue weighted by Gasteiger charge is 2.70. The van der Waals surface area contributed by atoms with Crippen LogP contribution in [0.25, 0.3) is 0 Å². The number of rotatable bonds is 4. The number of aryl methyl sites for hydroxylation is 1. The lowest BCUT2D eigenvalue weighted by molar-refractivity contribution is -0.176. The summed E-state index contributed by atoms with van der Waals surface area (Å²) in [5.41, 5.74) is -1.57. The summed E-state index contributed by atoms with van der Waals surface area (Å²) in [7, 11) is 0. The van der Waals surface area contributed by atoms with Gasteiger partial charge < -0.3 is 15.5 Å². The Hall–Kier alpha value is -3.10. The van der Waals surface area contributed by atoms with Crippen molar-refractivity contribution >= 4 is 17.7 Å². The molecule has 3 amide bonds. The van der Waals surface area contributed by atoms with E-state index in [1.807, 2.05) is 25.2 Å². The van der Waals surface area contributed by atoms with Gasteiger partial charge in [0.25, 0.3) is 0 Å².